The minimum absolute atomic E-state index is 0.0754. The van der Waals surface area contributed by atoms with E-state index in [1.165, 1.54) is 12.1 Å². The molecule has 2 N–H and O–H groups in total. The first-order chi connectivity index (χ1) is 14.8. The maximum Gasteiger partial charge on any atom is 0.276 e. The van der Waals surface area contributed by atoms with Gasteiger partial charge in [-0.1, -0.05) is 23.7 Å². The summed E-state index contributed by atoms with van der Waals surface area (Å²) in [5, 5.41) is 13.1. The molecule has 0 radical (unpaired) electrons. The van der Waals surface area contributed by atoms with Crippen LogP contribution >= 0.6 is 11.6 Å². The summed E-state index contributed by atoms with van der Waals surface area (Å²) in [7, 11) is 0. The Morgan fingerprint density at radius 1 is 1.39 bits per heavy atom. The Bertz CT molecular complexity index is 1200. The lowest BCUT2D eigenvalue weighted by molar-refractivity contribution is -0.0144. The molecule has 162 valence electrons. The van der Waals surface area contributed by atoms with E-state index >= 15 is 0 Å². The lowest BCUT2D eigenvalue weighted by Crippen LogP contribution is -2.50. The van der Waals surface area contributed by atoms with Crippen LogP contribution in [0.15, 0.2) is 23.0 Å². The summed E-state index contributed by atoms with van der Waals surface area (Å²) < 4.78 is 21.5. The van der Waals surface area contributed by atoms with Crippen molar-refractivity contribution in [3.8, 4) is 5.75 Å². The number of ether oxygens (including phenoxy) is 1. The fourth-order valence-electron chi connectivity index (χ4n) is 4.79. The fourth-order valence-corrected chi connectivity index (χ4v) is 4.99. The number of hydrogen-bond donors (Lipinski definition) is 2. The van der Waals surface area contributed by atoms with Crippen molar-refractivity contribution < 1.29 is 23.8 Å². The van der Waals surface area contributed by atoms with Crippen LogP contribution in [0, 0.1) is 5.82 Å². The van der Waals surface area contributed by atoms with Crippen LogP contribution in [-0.4, -0.2) is 45.3 Å². The second kappa shape index (κ2) is 7.06. The molecule has 3 aliphatic rings. The van der Waals surface area contributed by atoms with Crippen LogP contribution in [0.2, 0.25) is 5.02 Å². The average Bonchev–Trinajstić information content (AvgIpc) is 3.33. The molecule has 1 aromatic carbocycles. The van der Waals surface area contributed by atoms with E-state index in [1.54, 1.807) is 15.5 Å². The normalized spacial score (nSPS) is 23.6. The van der Waals surface area contributed by atoms with Gasteiger partial charge in [-0.15, -0.1) is 0 Å². The van der Waals surface area contributed by atoms with Gasteiger partial charge in [-0.25, -0.2) is 4.39 Å². The van der Waals surface area contributed by atoms with E-state index in [0.717, 1.165) is 0 Å². The molecular formula is C21H19ClFN3O5. The number of pyridine rings is 1. The number of aromatic hydroxyl groups is 1. The molecule has 3 atom stereocenters. The highest BCUT2D eigenvalue weighted by atomic mass is 35.5. The third-order valence-electron chi connectivity index (χ3n) is 6.22. The highest BCUT2D eigenvalue weighted by Gasteiger charge is 2.51. The van der Waals surface area contributed by atoms with E-state index in [-0.39, 0.29) is 40.5 Å². The molecule has 2 aromatic rings. The van der Waals surface area contributed by atoms with E-state index in [2.05, 4.69) is 5.32 Å². The first kappa shape index (κ1) is 20.0. The van der Waals surface area contributed by atoms with Crippen LogP contribution < -0.4 is 10.7 Å². The summed E-state index contributed by atoms with van der Waals surface area (Å²) in [5.74, 6) is -2.65. The Kier molecular flexibility index (Phi) is 4.56. The highest BCUT2D eigenvalue weighted by Crippen LogP contribution is 2.43. The molecule has 3 aliphatic heterocycles. The minimum atomic E-state index is -0.912. The number of amides is 2. The van der Waals surface area contributed by atoms with Crippen molar-refractivity contribution >= 4 is 23.4 Å². The number of rotatable bonds is 3. The second-order valence-corrected chi connectivity index (χ2v) is 8.41. The van der Waals surface area contributed by atoms with Crippen molar-refractivity contribution in [2.45, 2.75) is 44.6 Å². The van der Waals surface area contributed by atoms with Crippen molar-refractivity contribution in [1.82, 2.24) is 14.8 Å². The number of carbonyl (C=O) groups excluding carboxylic acids is 2. The third-order valence-corrected chi connectivity index (χ3v) is 6.51. The second-order valence-electron chi connectivity index (χ2n) is 8.01. The zero-order chi connectivity index (χ0) is 22.0. The topological polar surface area (TPSA) is 101 Å². The van der Waals surface area contributed by atoms with Gasteiger partial charge in [-0.3, -0.25) is 14.4 Å². The predicted octanol–water partition coefficient (Wildman–Crippen LogP) is 1.96. The van der Waals surface area contributed by atoms with Crippen LogP contribution in [0.4, 0.5) is 4.39 Å². The van der Waals surface area contributed by atoms with Crippen molar-refractivity contribution in [1.29, 1.82) is 0 Å². The lowest BCUT2D eigenvalue weighted by Gasteiger charge is -2.38. The molecule has 0 spiro atoms. The monoisotopic (exact) mass is 447 g/mol. The van der Waals surface area contributed by atoms with Crippen molar-refractivity contribution in [3.05, 3.63) is 61.8 Å². The Labute approximate surface area is 181 Å². The van der Waals surface area contributed by atoms with E-state index < -0.39 is 35.0 Å². The Morgan fingerprint density at radius 2 is 2.16 bits per heavy atom. The van der Waals surface area contributed by atoms with Crippen molar-refractivity contribution in [2.24, 2.45) is 0 Å². The molecule has 10 heteroatoms. The molecule has 31 heavy (non-hydrogen) atoms. The molecule has 5 rings (SSSR count). The van der Waals surface area contributed by atoms with Gasteiger partial charge in [0, 0.05) is 17.8 Å². The summed E-state index contributed by atoms with van der Waals surface area (Å²) in [6, 6.07) is 3.94. The molecule has 2 amide bonds. The van der Waals surface area contributed by atoms with E-state index in [4.69, 9.17) is 16.3 Å². The van der Waals surface area contributed by atoms with Gasteiger partial charge >= 0.3 is 0 Å². The van der Waals surface area contributed by atoms with E-state index in [0.29, 0.717) is 25.1 Å². The van der Waals surface area contributed by atoms with Gasteiger partial charge in [0.15, 0.2) is 17.7 Å². The lowest BCUT2D eigenvalue weighted by atomic mass is 10.1. The van der Waals surface area contributed by atoms with E-state index in [9.17, 15) is 23.9 Å². The van der Waals surface area contributed by atoms with Crippen LogP contribution in [-0.2, 0) is 17.7 Å². The van der Waals surface area contributed by atoms with Crippen molar-refractivity contribution in [3.63, 3.8) is 0 Å². The summed E-state index contributed by atoms with van der Waals surface area (Å²) >= 11 is 5.77. The molecule has 1 fully saturated rings. The highest BCUT2D eigenvalue weighted by molar-refractivity contribution is 6.30. The molecule has 0 saturated carbocycles. The van der Waals surface area contributed by atoms with Gasteiger partial charge < -0.3 is 24.6 Å². The zero-order valence-corrected chi connectivity index (χ0v) is 17.3. The largest absolute Gasteiger partial charge is 0.503 e. The first-order valence-corrected chi connectivity index (χ1v) is 10.3. The van der Waals surface area contributed by atoms with Crippen LogP contribution in [0.5, 0.6) is 5.75 Å². The molecule has 1 saturated heterocycles. The number of nitrogens with zero attached hydrogens (tertiary/aromatic N) is 2. The number of aromatic nitrogens is 1. The minimum Gasteiger partial charge on any atom is -0.503 e. The van der Waals surface area contributed by atoms with Gasteiger partial charge in [0.1, 0.15) is 11.4 Å². The number of halogens is 2. The number of carbonyl (C=O) groups is 2. The smallest absolute Gasteiger partial charge is 0.276 e. The number of nitrogens with one attached hydrogen (secondary N) is 1. The molecule has 4 heterocycles. The number of fused-ring (bicyclic) bond motifs is 2. The van der Waals surface area contributed by atoms with Gasteiger partial charge in [0.2, 0.25) is 5.43 Å². The fraction of sp³-hybridized carbons (Fsp3) is 0.381. The molecule has 2 unspecified atom stereocenters. The average molecular weight is 448 g/mol. The molecule has 8 nitrogen and oxygen atoms in total. The Balaban J connectivity index is 1.55. The molecule has 1 aromatic heterocycles. The summed E-state index contributed by atoms with van der Waals surface area (Å²) in [4.78, 5) is 40.4. The molecule has 0 aliphatic carbocycles. The van der Waals surface area contributed by atoms with Gasteiger partial charge in [-0.2, -0.15) is 0 Å². The summed E-state index contributed by atoms with van der Waals surface area (Å²) in [6.07, 6.45) is 0.423. The maximum atomic E-state index is 14.1. The quantitative estimate of drug-likeness (QED) is 0.749. The number of benzene rings is 1. The van der Waals surface area contributed by atoms with Gasteiger partial charge in [0.25, 0.3) is 11.8 Å². The van der Waals surface area contributed by atoms with Crippen LogP contribution in [0.1, 0.15) is 51.5 Å². The van der Waals surface area contributed by atoms with E-state index in [1.807, 2.05) is 6.92 Å². The number of hydrogen-bond acceptors (Lipinski definition) is 5. The Morgan fingerprint density at radius 3 is 2.94 bits per heavy atom. The summed E-state index contributed by atoms with van der Waals surface area (Å²) in [6.45, 7) is 2.02. The standard InChI is InChI=1S/C21H19ClFN3O5/c1-9-8-31-21-13-6-5-12-14(17(27)18(28)16(26(12)13)20(30)25(9)21)19(29)24-7-10-3-2-4-11(22)15(10)23/h2-4,9,13,21,28H,5-8H2,1H3,(H,24,29)/t9-,13?,21?/m0/s1. The van der Waals surface area contributed by atoms with Crippen LogP contribution in [0.25, 0.3) is 0 Å². The first-order valence-electron chi connectivity index (χ1n) is 9.97. The third kappa shape index (κ3) is 2.80. The van der Waals surface area contributed by atoms with Crippen molar-refractivity contribution in [2.75, 3.05) is 6.61 Å². The maximum absolute atomic E-state index is 14.1. The molecular weight excluding hydrogens is 429 g/mol. The molecule has 0 bridgehead atoms. The van der Waals surface area contributed by atoms with Gasteiger partial charge in [-0.05, 0) is 25.8 Å². The SMILES string of the molecule is C[C@H]1COC2C3CCc4c(C(=O)NCc5cccc(Cl)c5F)c(=O)c(O)c(n43)C(=O)N21. The Hall–Kier alpha value is -2.91. The zero-order valence-electron chi connectivity index (χ0n) is 16.5. The summed E-state index contributed by atoms with van der Waals surface area (Å²) in [5.41, 5.74) is -0.711. The van der Waals surface area contributed by atoms with Crippen LogP contribution in [0.3, 0.4) is 0 Å². The van der Waals surface area contributed by atoms with Gasteiger partial charge in [0.05, 0.1) is 23.7 Å². The predicted molar refractivity (Wildman–Crippen MR) is 108 cm³/mol.